The summed E-state index contributed by atoms with van der Waals surface area (Å²) in [7, 11) is 1.39. The van der Waals surface area contributed by atoms with Crippen LogP contribution in [0.15, 0.2) is 0 Å². The normalized spacial score (nSPS) is 12.1. The third-order valence-corrected chi connectivity index (χ3v) is 2.19. The second kappa shape index (κ2) is 7.35. The van der Waals surface area contributed by atoms with Crippen molar-refractivity contribution in [3.8, 4) is 0 Å². The van der Waals surface area contributed by atoms with Gasteiger partial charge in [0.2, 0.25) is 5.91 Å². The van der Waals surface area contributed by atoms with Gasteiger partial charge in [0.05, 0.1) is 7.11 Å². The van der Waals surface area contributed by atoms with Crippen molar-refractivity contribution in [2.45, 2.75) is 39.0 Å². The Hall–Kier alpha value is -1.06. The van der Waals surface area contributed by atoms with Gasteiger partial charge in [-0.1, -0.05) is 13.3 Å². The van der Waals surface area contributed by atoms with E-state index in [1.165, 1.54) is 7.11 Å². The van der Waals surface area contributed by atoms with Gasteiger partial charge in [0, 0.05) is 12.8 Å². The summed E-state index contributed by atoms with van der Waals surface area (Å²) in [5.74, 6) is 0.00377. The van der Waals surface area contributed by atoms with Crippen molar-refractivity contribution in [3.63, 3.8) is 0 Å². The molecule has 0 bridgehead atoms. The first-order chi connectivity index (χ1) is 6.56. The maximum atomic E-state index is 10.8. The Bertz CT molecular complexity index is 192. The number of primary amides is 1. The molecule has 14 heavy (non-hydrogen) atoms. The summed E-state index contributed by atoms with van der Waals surface area (Å²) >= 11 is 0. The predicted molar refractivity (Wildman–Crippen MR) is 53.5 cm³/mol. The van der Waals surface area contributed by atoms with Gasteiger partial charge in [-0.25, -0.2) is 0 Å². The van der Waals surface area contributed by atoms with Crippen molar-refractivity contribution in [2.75, 3.05) is 7.11 Å². The van der Waals surface area contributed by atoms with E-state index in [2.05, 4.69) is 11.7 Å². The average Bonchev–Trinajstić information content (AvgIpc) is 2.14. The van der Waals surface area contributed by atoms with Crippen LogP contribution in [0.3, 0.4) is 0 Å². The molecule has 2 N–H and O–H groups in total. The second-order valence-corrected chi connectivity index (χ2v) is 3.58. The summed E-state index contributed by atoms with van der Waals surface area (Å²) in [6.45, 7) is 2.06. The zero-order chi connectivity index (χ0) is 11.0. The van der Waals surface area contributed by atoms with Crippen molar-refractivity contribution < 1.29 is 14.3 Å². The molecule has 0 heterocycles. The molecular weight excluding hydrogens is 182 g/mol. The van der Waals surface area contributed by atoms with E-state index in [9.17, 15) is 9.59 Å². The summed E-state index contributed by atoms with van der Waals surface area (Å²) in [6, 6.07) is 0. The maximum Gasteiger partial charge on any atom is 0.305 e. The van der Waals surface area contributed by atoms with Crippen LogP contribution < -0.4 is 5.73 Å². The highest BCUT2D eigenvalue weighted by Crippen LogP contribution is 2.13. The number of hydrogen-bond donors (Lipinski definition) is 1. The first-order valence-corrected chi connectivity index (χ1v) is 4.91. The molecule has 82 valence electrons. The maximum absolute atomic E-state index is 10.8. The highest BCUT2D eigenvalue weighted by atomic mass is 16.5. The first kappa shape index (κ1) is 12.9. The number of carbonyl (C=O) groups excluding carboxylic acids is 2. The molecule has 0 unspecified atom stereocenters. The molecule has 0 saturated heterocycles. The lowest BCUT2D eigenvalue weighted by Crippen LogP contribution is -2.12. The van der Waals surface area contributed by atoms with E-state index in [4.69, 9.17) is 5.73 Å². The van der Waals surface area contributed by atoms with Gasteiger partial charge in [0.25, 0.3) is 0 Å². The minimum Gasteiger partial charge on any atom is -0.469 e. The highest BCUT2D eigenvalue weighted by Gasteiger charge is 2.06. The Morgan fingerprint density at radius 1 is 1.29 bits per heavy atom. The van der Waals surface area contributed by atoms with E-state index >= 15 is 0 Å². The van der Waals surface area contributed by atoms with Crippen LogP contribution in [0.5, 0.6) is 0 Å². The molecular formula is C10H19NO3. The molecule has 0 aliphatic heterocycles. The number of ether oxygens (including phenoxy) is 1. The van der Waals surface area contributed by atoms with E-state index in [1.807, 2.05) is 0 Å². The molecule has 0 radical (unpaired) electrons. The lowest BCUT2D eigenvalue weighted by atomic mass is 9.99. The van der Waals surface area contributed by atoms with Gasteiger partial charge in [-0.05, 0) is 18.8 Å². The standard InChI is InChI=1S/C10H19NO3/c1-8(6-7-9(11)12)4-3-5-10(13)14-2/h8H,3-7H2,1-2H3,(H2,11,12)/t8-/m1/s1. The van der Waals surface area contributed by atoms with Crippen molar-refractivity contribution >= 4 is 11.9 Å². The van der Waals surface area contributed by atoms with Crippen molar-refractivity contribution in [1.29, 1.82) is 0 Å². The number of carbonyl (C=O) groups is 2. The van der Waals surface area contributed by atoms with Gasteiger partial charge in [-0.2, -0.15) is 0 Å². The molecule has 1 atom stereocenters. The van der Waals surface area contributed by atoms with E-state index in [-0.39, 0.29) is 11.9 Å². The Morgan fingerprint density at radius 2 is 1.93 bits per heavy atom. The highest BCUT2D eigenvalue weighted by molar-refractivity contribution is 5.73. The number of methoxy groups -OCH3 is 1. The van der Waals surface area contributed by atoms with Gasteiger partial charge in [0.15, 0.2) is 0 Å². The fraction of sp³-hybridized carbons (Fsp3) is 0.800. The number of amides is 1. The number of rotatable bonds is 7. The SMILES string of the molecule is COC(=O)CCC[C@@H](C)CCC(N)=O. The molecule has 0 aromatic heterocycles. The van der Waals surface area contributed by atoms with Gasteiger partial charge in [0.1, 0.15) is 0 Å². The quantitative estimate of drug-likeness (QED) is 0.630. The van der Waals surface area contributed by atoms with Crippen LogP contribution in [0.1, 0.15) is 39.0 Å². The molecule has 0 aromatic rings. The number of nitrogens with two attached hydrogens (primary N) is 1. The Labute approximate surface area is 84.8 Å². The van der Waals surface area contributed by atoms with Crippen LogP contribution in [0, 0.1) is 5.92 Å². The Morgan fingerprint density at radius 3 is 2.43 bits per heavy atom. The van der Waals surface area contributed by atoms with Crippen LogP contribution in [-0.4, -0.2) is 19.0 Å². The van der Waals surface area contributed by atoms with Crippen LogP contribution in [0.2, 0.25) is 0 Å². The smallest absolute Gasteiger partial charge is 0.305 e. The van der Waals surface area contributed by atoms with Gasteiger partial charge < -0.3 is 10.5 Å². The molecule has 1 amide bonds. The van der Waals surface area contributed by atoms with Gasteiger partial charge in [-0.15, -0.1) is 0 Å². The van der Waals surface area contributed by atoms with Crippen LogP contribution in [-0.2, 0) is 14.3 Å². The van der Waals surface area contributed by atoms with Crippen LogP contribution >= 0.6 is 0 Å². The van der Waals surface area contributed by atoms with Gasteiger partial charge in [-0.3, -0.25) is 9.59 Å². The lowest BCUT2D eigenvalue weighted by Gasteiger charge is -2.08. The van der Waals surface area contributed by atoms with Crippen molar-refractivity contribution in [2.24, 2.45) is 11.7 Å². The summed E-state index contributed by atoms with van der Waals surface area (Å²) in [5, 5.41) is 0. The molecule has 0 aliphatic carbocycles. The van der Waals surface area contributed by atoms with Crippen LogP contribution in [0.25, 0.3) is 0 Å². The molecule has 0 saturated carbocycles. The molecule has 0 aromatic carbocycles. The van der Waals surface area contributed by atoms with Crippen LogP contribution in [0.4, 0.5) is 0 Å². The first-order valence-electron chi connectivity index (χ1n) is 4.91. The molecule has 4 heteroatoms. The summed E-state index contributed by atoms with van der Waals surface area (Å²) in [6.07, 6.45) is 3.43. The van der Waals surface area contributed by atoms with E-state index in [1.54, 1.807) is 0 Å². The van der Waals surface area contributed by atoms with E-state index in [0.29, 0.717) is 18.8 Å². The van der Waals surface area contributed by atoms with E-state index < -0.39 is 0 Å². The Balaban J connectivity index is 3.39. The summed E-state index contributed by atoms with van der Waals surface area (Å²) in [4.78, 5) is 21.2. The topological polar surface area (TPSA) is 69.4 Å². The molecule has 0 aliphatic rings. The van der Waals surface area contributed by atoms with Gasteiger partial charge >= 0.3 is 5.97 Å². The molecule has 4 nitrogen and oxygen atoms in total. The average molecular weight is 201 g/mol. The van der Waals surface area contributed by atoms with Crippen molar-refractivity contribution in [3.05, 3.63) is 0 Å². The third-order valence-electron chi connectivity index (χ3n) is 2.19. The summed E-state index contributed by atoms with van der Waals surface area (Å²) < 4.78 is 4.52. The molecule has 0 rings (SSSR count). The zero-order valence-electron chi connectivity index (χ0n) is 8.91. The fourth-order valence-corrected chi connectivity index (χ4v) is 1.23. The molecule has 0 fully saturated rings. The van der Waals surface area contributed by atoms with Crippen molar-refractivity contribution in [1.82, 2.24) is 0 Å². The second-order valence-electron chi connectivity index (χ2n) is 3.58. The fourth-order valence-electron chi connectivity index (χ4n) is 1.23. The number of hydrogen-bond acceptors (Lipinski definition) is 3. The monoisotopic (exact) mass is 201 g/mol. The minimum atomic E-state index is -0.259. The summed E-state index contributed by atoms with van der Waals surface area (Å²) in [5.41, 5.74) is 5.03. The predicted octanol–water partition coefficient (Wildman–Crippen LogP) is 1.23. The lowest BCUT2D eigenvalue weighted by molar-refractivity contribution is -0.140. The number of esters is 1. The third kappa shape index (κ3) is 7.58. The zero-order valence-corrected chi connectivity index (χ0v) is 8.91. The minimum absolute atomic E-state index is 0.174. The Kier molecular flexibility index (Phi) is 6.80. The van der Waals surface area contributed by atoms with E-state index in [0.717, 1.165) is 19.3 Å². The molecule has 0 spiro atoms. The largest absolute Gasteiger partial charge is 0.469 e.